The molecule has 0 aliphatic carbocycles. The highest BCUT2D eigenvalue weighted by Crippen LogP contribution is 2.18. The summed E-state index contributed by atoms with van der Waals surface area (Å²) in [6, 6.07) is 8.94. The number of nitrogens with one attached hydrogen (secondary N) is 2. The number of methoxy groups -OCH3 is 1. The number of guanidine groups is 1. The fourth-order valence-electron chi connectivity index (χ4n) is 3.28. The third-order valence-electron chi connectivity index (χ3n) is 4.67. The maximum Gasteiger partial charge on any atom is 0.191 e. The van der Waals surface area contributed by atoms with E-state index in [0.29, 0.717) is 0 Å². The van der Waals surface area contributed by atoms with E-state index in [4.69, 9.17) is 4.74 Å². The summed E-state index contributed by atoms with van der Waals surface area (Å²) in [6.07, 6.45) is 3.68. The molecule has 0 amide bonds. The lowest BCUT2D eigenvalue weighted by Crippen LogP contribution is -2.37. The van der Waals surface area contributed by atoms with Crippen LogP contribution in [0, 0.1) is 5.92 Å². The van der Waals surface area contributed by atoms with E-state index in [1.807, 2.05) is 0 Å². The van der Waals surface area contributed by atoms with Gasteiger partial charge < -0.3 is 15.4 Å². The van der Waals surface area contributed by atoms with Gasteiger partial charge in [-0.3, -0.25) is 9.89 Å². The molecule has 0 aromatic heterocycles. The predicted octanol–water partition coefficient (Wildman–Crippen LogP) is 3.24. The molecule has 1 aliphatic rings. The number of aliphatic imine (C=N–C) groups is 1. The Labute approximate surface area is 176 Å². The highest BCUT2D eigenvalue weighted by Gasteiger charge is 2.16. The van der Waals surface area contributed by atoms with Crippen LogP contribution in [0.3, 0.4) is 0 Å². The molecule has 1 saturated heterocycles. The van der Waals surface area contributed by atoms with E-state index in [2.05, 4.69) is 51.7 Å². The minimum atomic E-state index is 0. The van der Waals surface area contributed by atoms with Gasteiger partial charge in [0, 0.05) is 46.9 Å². The minimum Gasteiger partial charge on any atom is -0.385 e. The van der Waals surface area contributed by atoms with Crippen LogP contribution < -0.4 is 10.6 Å². The summed E-state index contributed by atoms with van der Waals surface area (Å²) in [5, 5.41) is 6.65. The van der Waals surface area contributed by atoms with Gasteiger partial charge in [-0.1, -0.05) is 31.2 Å². The van der Waals surface area contributed by atoms with Crippen molar-refractivity contribution in [3.8, 4) is 0 Å². The molecule has 1 aromatic rings. The Hall–Kier alpha value is -0.860. The van der Waals surface area contributed by atoms with Crippen LogP contribution >= 0.6 is 24.0 Å². The lowest BCUT2D eigenvalue weighted by molar-refractivity contribution is 0.176. The van der Waals surface area contributed by atoms with Crippen molar-refractivity contribution in [1.29, 1.82) is 0 Å². The van der Waals surface area contributed by atoms with Crippen LogP contribution in [0.25, 0.3) is 0 Å². The lowest BCUT2D eigenvalue weighted by atomic mass is 9.99. The Morgan fingerprint density at radius 1 is 1.23 bits per heavy atom. The van der Waals surface area contributed by atoms with Gasteiger partial charge in [0.05, 0.1) is 0 Å². The molecule has 0 bridgehead atoms. The van der Waals surface area contributed by atoms with E-state index in [0.717, 1.165) is 44.5 Å². The van der Waals surface area contributed by atoms with Crippen LogP contribution in [-0.4, -0.2) is 51.3 Å². The van der Waals surface area contributed by atoms with Crippen molar-refractivity contribution in [3.63, 3.8) is 0 Å². The number of hydrogen-bond donors (Lipinski definition) is 2. The number of likely N-dealkylation sites (tertiary alicyclic amines) is 1. The first kappa shape index (κ1) is 23.2. The van der Waals surface area contributed by atoms with E-state index < -0.39 is 0 Å². The second kappa shape index (κ2) is 13.3. The Bertz CT molecular complexity index is 521. The number of rotatable bonds is 8. The van der Waals surface area contributed by atoms with Gasteiger partial charge in [0.2, 0.25) is 0 Å². The molecule has 0 spiro atoms. The van der Waals surface area contributed by atoms with Crippen molar-refractivity contribution in [2.24, 2.45) is 10.9 Å². The summed E-state index contributed by atoms with van der Waals surface area (Å²) >= 11 is 0. The van der Waals surface area contributed by atoms with Crippen LogP contribution in [0.4, 0.5) is 0 Å². The van der Waals surface area contributed by atoms with Crippen molar-refractivity contribution >= 4 is 29.9 Å². The monoisotopic (exact) mass is 474 g/mol. The van der Waals surface area contributed by atoms with E-state index in [1.165, 1.54) is 37.1 Å². The van der Waals surface area contributed by atoms with Gasteiger partial charge in [0.1, 0.15) is 0 Å². The standard InChI is InChI=1S/C20H34N4O.HI/c1-17-6-4-12-24(15-17)16-19-9-7-18(8-10-19)14-23-20(21-2)22-11-5-13-25-3;/h7-10,17H,4-6,11-16H2,1-3H3,(H2,21,22,23);1H. The molecule has 1 fully saturated rings. The molecule has 1 aliphatic heterocycles. The summed E-state index contributed by atoms with van der Waals surface area (Å²) in [4.78, 5) is 6.83. The molecule has 5 nitrogen and oxygen atoms in total. The molecule has 1 aromatic carbocycles. The summed E-state index contributed by atoms with van der Waals surface area (Å²) in [5.74, 6) is 1.67. The van der Waals surface area contributed by atoms with E-state index in [-0.39, 0.29) is 24.0 Å². The molecular formula is C20H35IN4O. The van der Waals surface area contributed by atoms with Gasteiger partial charge in [0.25, 0.3) is 0 Å². The normalized spacial score (nSPS) is 18.3. The number of piperidine rings is 1. The smallest absolute Gasteiger partial charge is 0.191 e. The van der Waals surface area contributed by atoms with Crippen LogP contribution in [-0.2, 0) is 17.8 Å². The average Bonchev–Trinajstić information content (AvgIpc) is 2.62. The zero-order valence-corrected chi connectivity index (χ0v) is 18.8. The first-order valence-corrected chi connectivity index (χ1v) is 9.45. The molecule has 2 rings (SSSR count). The number of hydrogen-bond acceptors (Lipinski definition) is 3. The largest absolute Gasteiger partial charge is 0.385 e. The van der Waals surface area contributed by atoms with Crippen LogP contribution in [0.2, 0.25) is 0 Å². The fraction of sp³-hybridized carbons (Fsp3) is 0.650. The van der Waals surface area contributed by atoms with Crippen molar-refractivity contribution in [2.45, 2.75) is 39.3 Å². The van der Waals surface area contributed by atoms with Gasteiger partial charge >= 0.3 is 0 Å². The van der Waals surface area contributed by atoms with Crippen LogP contribution in [0.1, 0.15) is 37.3 Å². The van der Waals surface area contributed by atoms with E-state index in [9.17, 15) is 0 Å². The van der Waals surface area contributed by atoms with Crippen molar-refractivity contribution in [1.82, 2.24) is 15.5 Å². The molecule has 1 atom stereocenters. The third-order valence-corrected chi connectivity index (χ3v) is 4.67. The zero-order chi connectivity index (χ0) is 17.9. The third kappa shape index (κ3) is 8.68. The van der Waals surface area contributed by atoms with Crippen molar-refractivity contribution < 1.29 is 4.74 Å². The second-order valence-electron chi connectivity index (χ2n) is 7.00. The zero-order valence-electron chi connectivity index (χ0n) is 16.5. The van der Waals surface area contributed by atoms with E-state index in [1.54, 1.807) is 14.2 Å². The summed E-state index contributed by atoms with van der Waals surface area (Å²) in [5.41, 5.74) is 2.68. The number of halogens is 1. The number of benzene rings is 1. The molecule has 1 heterocycles. The second-order valence-corrected chi connectivity index (χ2v) is 7.00. The SMILES string of the molecule is CN=C(NCCCOC)NCc1ccc(CN2CCCC(C)C2)cc1.I. The van der Waals surface area contributed by atoms with E-state index >= 15 is 0 Å². The number of ether oxygens (including phenoxy) is 1. The van der Waals surface area contributed by atoms with Crippen LogP contribution in [0.15, 0.2) is 29.3 Å². The lowest BCUT2D eigenvalue weighted by Gasteiger charge is -2.30. The first-order valence-electron chi connectivity index (χ1n) is 9.45. The molecule has 148 valence electrons. The van der Waals surface area contributed by atoms with Gasteiger partial charge in [-0.15, -0.1) is 24.0 Å². The average molecular weight is 474 g/mol. The Morgan fingerprint density at radius 2 is 1.96 bits per heavy atom. The fourth-order valence-corrected chi connectivity index (χ4v) is 3.28. The maximum atomic E-state index is 5.05. The minimum absolute atomic E-state index is 0. The van der Waals surface area contributed by atoms with Gasteiger partial charge in [-0.2, -0.15) is 0 Å². The highest BCUT2D eigenvalue weighted by molar-refractivity contribution is 14.0. The van der Waals surface area contributed by atoms with Crippen LogP contribution in [0.5, 0.6) is 0 Å². The molecule has 0 radical (unpaired) electrons. The number of nitrogens with zero attached hydrogens (tertiary/aromatic N) is 2. The van der Waals surface area contributed by atoms with Gasteiger partial charge in [-0.25, -0.2) is 0 Å². The first-order chi connectivity index (χ1) is 12.2. The summed E-state index contributed by atoms with van der Waals surface area (Å²) in [7, 11) is 3.52. The maximum absolute atomic E-state index is 5.05. The summed E-state index contributed by atoms with van der Waals surface area (Å²) < 4.78 is 5.05. The highest BCUT2D eigenvalue weighted by atomic mass is 127. The Morgan fingerprint density at radius 3 is 2.62 bits per heavy atom. The van der Waals surface area contributed by atoms with Crippen molar-refractivity contribution in [2.75, 3.05) is 40.4 Å². The predicted molar refractivity (Wildman–Crippen MR) is 120 cm³/mol. The van der Waals surface area contributed by atoms with Gasteiger partial charge in [-0.05, 0) is 42.9 Å². The Kier molecular flexibility index (Phi) is 11.9. The van der Waals surface area contributed by atoms with Crippen molar-refractivity contribution in [3.05, 3.63) is 35.4 Å². The molecule has 1 unspecified atom stereocenters. The molecule has 2 N–H and O–H groups in total. The topological polar surface area (TPSA) is 48.9 Å². The quantitative estimate of drug-likeness (QED) is 0.263. The molecule has 0 saturated carbocycles. The van der Waals surface area contributed by atoms with Gasteiger partial charge in [0.15, 0.2) is 5.96 Å². The Balaban J connectivity index is 0.00000338. The molecular weight excluding hydrogens is 439 g/mol. The molecule has 6 heteroatoms. The molecule has 26 heavy (non-hydrogen) atoms. The summed E-state index contributed by atoms with van der Waals surface area (Å²) in [6.45, 7) is 8.30.